The van der Waals surface area contributed by atoms with Crippen molar-refractivity contribution in [1.29, 1.82) is 0 Å². The number of rotatable bonds is 11. The Morgan fingerprint density at radius 1 is 1.19 bits per heavy atom. The molecule has 9 nitrogen and oxygen atoms in total. The van der Waals surface area contributed by atoms with Gasteiger partial charge in [0.2, 0.25) is 21.1 Å². The average Bonchev–Trinajstić information content (AvgIpc) is 3.11. The lowest BCUT2D eigenvalue weighted by Crippen LogP contribution is -2.33. The monoisotopic (exact) mass is 466 g/mol. The highest BCUT2D eigenvalue weighted by Gasteiger charge is 2.23. The molecule has 11 heteroatoms. The zero-order valence-corrected chi connectivity index (χ0v) is 20.0. The van der Waals surface area contributed by atoms with E-state index >= 15 is 0 Å². The van der Waals surface area contributed by atoms with Gasteiger partial charge in [0.25, 0.3) is 0 Å². The number of sulfonamides is 1. The fraction of sp³-hybridized carbons (Fsp3) is 0.450. The lowest BCUT2D eigenvalue weighted by atomic mass is 10.2. The zero-order chi connectivity index (χ0) is 23.2. The molecule has 0 saturated heterocycles. The molecule has 1 amide bonds. The number of carbonyl (C=O) groups excluding carboxylic acids is 1. The van der Waals surface area contributed by atoms with Crippen molar-refractivity contribution in [3.63, 3.8) is 0 Å². The van der Waals surface area contributed by atoms with Crippen LogP contribution in [0.15, 0.2) is 46.5 Å². The predicted octanol–water partition coefficient (Wildman–Crippen LogP) is 2.21. The Bertz CT molecular complexity index is 1030. The molecular weight excluding hydrogens is 436 g/mol. The van der Waals surface area contributed by atoms with Gasteiger partial charge in [0.15, 0.2) is 5.82 Å². The molecule has 0 unspecified atom stereocenters. The van der Waals surface area contributed by atoms with E-state index in [1.807, 2.05) is 13.8 Å². The fourth-order valence-corrected chi connectivity index (χ4v) is 5.26. The third-order valence-corrected chi connectivity index (χ3v) is 7.59. The Kier molecular flexibility index (Phi) is 8.66. The number of nitrogens with two attached hydrogens (primary N) is 1. The van der Waals surface area contributed by atoms with Gasteiger partial charge in [-0.15, -0.1) is 10.2 Å². The van der Waals surface area contributed by atoms with E-state index in [-0.39, 0.29) is 16.6 Å². The summed E-state index contributed by atoms with van der Waals surface area (Å²) in [5.41, 5.74) is 1.43. The second-order valence-corrected chi connectivity index (χ2v) is 9.83. The summed E-state index contributed by atoms with van der Waals surface area (Å²) in [4.78, 5) is 14.3. The average molecular weight is 467 g/mol. The van der Waals surface area contributed by atoms with Crippen LogP contribution in [-0.4, -0.2) is 70.3 Å². The molecule has 0 spiro atoms. The summed E-state index contributed by atoms with van der Waals surface area (Å²) in [7, 11) is -3.61. The van der Waals surface area contributed by atoms with Gasteiger partial charge in [0.1, 0.15) is 0 Å². The summed E-state index contributed by atoms with van der Waals surface area (Å²) in [6, 6.07) is 6.45. The van der Waals surface area contributed by atoms with Crippen LogP contribution < -0.4 is 5.84 Å². The molecule has 31 heavy (non-hydrogen) atoms. The molecule has 0 saturated carbocycles. The first-order valence-electron chi connectivity index (χ1n) is 10.0. The van der Waals surface area contributed by atoms with E-state index in [1.165, 1.54) is 26.8 Å². The van der Waals surface area contributed by atoms with Gasteiger partial charge < -0.3 is 10.7 Å². The Morgan fingerprint density at radius 3 is 2.45 bits per heavy atom. The number of nitrogens with zero attached hydrogens (tertiary/aromatic N) is 5. The molecule has 2 rings (SSSR count). The number of hydrogen-bond donors (Lipinski definition) is 1. The van der Waals surface area contributed by atoms with Gasteiger partial charge >= 0.3 is 0 Å². The molecule has 0 bridgehead atoms. The first kappa shape index (κ1) is 24.9. The highest BCUT2D eigenvalue weighted by Crippen LogP contribution is 2.25. The van der Waals surface area contributed by atoms with Crippen LogP contribution >= 0.6 is 11.8 Å². The Morgan fingerprint density at radius 2 is 1.87 bits per heavy atom. The Labute approximate surface area is 188 Å². The SMILES string of the molecule is C=C(C)CN(CC)C(=O)CSc1nnc(-c2cccc(S(=O)(=O)N(CC)CC)c2)n1N. The van der Waals surface area contributed by atoms with Crippen LogP contribution in [0, 0.1) is 0 Å². The minimum atomic E-state index is -3.61. The number of aromatic nitrogens is 3. The van der Waals surface area contributed by atoms with Crippen molar-refractivity contribution in [3.8, 4) is 11.4 Å². The molecular formula is C20H30N6O3S2. The van der Waals surface area contributed by atoms with E-state index in [0.29, 0.717) is 42.7 Å². The van der Waals surface area contributed by atoms with Crippen molar-refractivity contribution in [1.82, 2.24) is 24.1 Å². The molecule has 0 atom stereocenters. The summed E-state index contributed by atoms with van der Waals surface area (Å²) in [5, 5.41) is 8.54. The number of likely N-dealkylation sites (N-methyl/N-ethyl adjacent to an activating group) is 1. The number of thioether (sulfide) groups is 1. The van der Waals surface area contributed by atoms with Crippen LogP contribution in [0.3, 0.4) is 0 Å². The largest absolute Gasteiger partial charge is 0.338 e. The van der Waals surface area contributed by atoms with Crippen LogP contribution in [0.2, 0.25) is 0 Å². The van der Waals surface area contributed by atoms with Gasteiger partial charge in [0, 0.05) is 31.7 Å². The topological polar surface area (TPSA) is 114 Å². The number of amides is 1. The van der Waals surface area contributed by atoms with E-state index in [9.17, 15) is 13.2 Å². The van der Waals surface area contributed by atoms with E-state index in [2.05, 4.69) is 16.8 Å². The maximum absolute atomic E-state index is 12.8. The molecule has 0 fully saturated rings. The van der Waals surface area contributed by atoms with Gasteiger partial charge in [0.05, 0.1) is 10.6 Å². The first-order chi connectivity index (χ1) is 14.6. The standard InChI is InChI=1S/C20H30N6O3S2/c1-6-24(13-15(4)5)18(27)14-30-20-23-22-19(26(20)21)16-10-9-11-17(12-16)31(28,29)25(7-2)8-3/h9-12H,4,6-8,13-14,21H2,1-3,5H3. The number of hydrogen-bond acceptors (Lipinski definition) is 7. The number of benzene rings is 1. The fourth-order valence-electron chi connectivity index (χ4n) is 3.00. The third kappa shape index (κ3) is 5.86. The predicted molar refractivity (Wildman–Crippen MR) is 124 cm³/mol. The lowest BCUT2D eigenvalue weighted by molar-refractivity contribution is -0.127. The zero-order valence-electron chi connectivity index (χ0n) is 18.4. The normalized spacial score (nSPS) is 11.6. The van der Waals surface area contributed by atoms with Crippen LogP contribution in [0.5, 0.6) is 0 Å². The van der Waals surface area contributed by atoms with Gasteiger partial charge in [-0.05, 0) is 26.0 Å². The molecule has 1 aromatic carbocycles. The van der Waals surface area contributed by atoms with Gasteiger partial charge in [-0.1, -0.05) is 49.9 Å². The Balaban J connectivity index is 2.22. The summed E-state index contributed by atoms with van der Waals surface area (Å²) >= 11 is 1.18. The lowest BCUT2D eigenvalue weighted by Gasteiger charge is -2.20. The quantitative estimate of drug-likeness (QED) is 0.307. The van der Waals surface area contributed by atoms with Crippen molar-refractivity contribution < 1.29 is 13.2 Å². The number of nitrogen functional groups attached to an aromatic ring is 1. The molecule has 1 aromatic heterocycles. The summed E-state index contributed by atoms with van der Waals surface area (Å²) in [6.07, 6.45) is 0. The van der Waals surface area contributed by atoms with E-state index in [4.69, 9.17) is 5.84 Å². The minimum absolute atomic E-state index is 0.0487. The van der Waals surface area contributed by atoms with Gasteiger partial charge in [-0.25, -0.2) is 13.1 Å². The van der Waals surface area contributed by atoms with Crippen LogP contribution in [0.1, 0.15) is 27.7 Å². The maximum Gasteiger partial charge on any atom is 0.243 e. The van der Waals surface area contributed by atoms with Gasteiger partial charge in [-0.2, -0.15) is 4.31 Å². The van der Waals surface area contributed by atoms with E-state index in [1.54, 1.807) is 36.9 Å². The minimum Gasteiger partial charge on any atom is -0.338 e. The summed E-state index contributed by atoms with van der Waals surface area (Å²) < 4.78 is 28.3. The van der Waals surface area contributed by atoms with E-state index < -0.39 is 10.0 Å². The summed E-state index contributed by atoms with van der Waals surface area (Å²) in [6.45, 7) is 13.1. The van der Waals surface area contributed by atoms with Crippen molar-refractivity contribution in [2.45, 2.75) is 37.7 Å². The van der Waals surface area contributed by atoms with Crippen molar-refractivity contribution in [3.05, 3.63) is 36.4 Å². The smallest absolute Gasteiger partial charge is 0.243 e. The third-order valence-electron chi connectivity index (χ3n) is 4.62. The molecule has 2 N–H and O–H groups in total. The molecule has 1 heterocycles. The molecule has 0 aliphatic rings. The van der Waals surface area contributed by atoms with Gasteiger partial charge in [-0.3, -0.25) is 4.79 Å². The second-order valence-electron chi connectivity index (χ2n) is 6.95. The molecule has 2 aromatic rings. The molecule has 170 valence electrons. The summed E-state index contributed by atoms with van der Waals surface area (Å²) in [5.74, 6) is 6.59. The highest BCUT2D eigenvalue weighted by molar-refractivity contribution is 7.99. The van der Waals surface area contributed by atoms with Crippen molar-refractivity contribution in [2.24, 2.45) is 0 Å². The maximum atomic E-state index is 12.8. The van der Waals surface area contributed by atoms with Crippen LogP contribution in [-0.2, 0) is 14.8 Å². The first-order valence-corrected chi connectivity index (χ1v) is 12.4. The number of carbonyl (C=O) groups is 1. The second kappa shape index (κ2) is 10.8. The molecule has 0 aliphatic heterocycles. The molecule has 0 aliphatic carbocycles. The highest BCUT2D eigenvalue weighted by atomic mass is 32.2. The Hall–Kier alpha value is -2.37. The van der Waals surface area contributed by atoms with Crippen molar-refractivity contribution in [2.75, 3.05) is 37.8 Å². The van der Waals surface area contributed by atoms with E-state index in [0.717, 1.165) is 5.57 Å². The van der Waals surface area contributed by atoms with Crippen LogP contribution in [0.4, 0.5) is 0 Å². The van der Waals surface area contributed by atoms with Crippen molar-refractivity contribution >= 4 is 27.7 Å². The van der Waals surface area contributed by atoms with Crippen LogP contribution in [0.25, 0.3) is 11.4 Å². The molecule has 0 radical (unpaired) electrons.